The van der Waals surface area contributed by atoms with Crippen LogP contribution in [0.1, 0.15) is 36.4 Å². The summed E-state index contributed by atoms with van der Waals surface area (Å²) in [5.74, 6) is 0.793. The Hall–Kier alpha value is -2.28. The number of amides is 2. The van der Waals surface area contributed by atoms with Gasteiger partial charge in [-0.2, -0.15) is 0 Å². The van der Waals surface area contributed by atoms with Crippen molar-refractivity contribution in [2.45, 2.75) is 38.6 Å². The molecule has 2 amide bonds. The Morgan fingerprint density at radius 1 is 1.44 bits per heavy atom. The molecule has 132 valence electrons. The number of urea groups is 1. The molecule has 2 N–H and O–H groups in total. The molecule has 0 fully saturated rings. The van der Waals surface area contributed by atoms with Crippen LogP contribution in [0.4, 0.5) is 9.93 Å². The van der Waals surface area contributed by atoms with E-state index in [0.717, 1.165) is 24.1 Å². The van der Waals surface area contributed by atoms with Gasteiger partial charge in [0.15, 0.2) is 5.13 Å². The number of carbonyl (C=O) groups excluding carboxylic acids is 1. The van der Waals surface area contributed by atoms with Crippen molar-refractivity contribution in [2.75, 3.05) is 18.5 Å². The molecule has 1 aliphatic heterocycles. The second kappa shape index (κ2) is 5.91. The highest BCUT2D eigenvalue weighted by Crippen LogP contribution is 2.42. The second-order valence-electron chi connectivity index (χ2n) is 7.17. The number of hydrogen-bond donors (Lipinski definition) is 2. The lowest BCUT2D eigenvalue weighted by Crippen LogP contribution is -2.36. The fraction of sp³-hybridized carbons (Fsp3) is 0.444. The van der Waals surface area contributed by atoms with Crippen LogP contribution in [0.3, 0.4) is 0 Å². The predicted molar refractivity (Wildman–Crippen MR) is 96.5 cm³/mol. The molecule has 6 nitrogen and oxygen atoms in total. The fourth-order valence-corrected chi connectivity index (χ4v) is 4.48. The molecule has 0 unspecified atom stereocenters. The van der Waals surface area contributed by atoms with Gasteiger partial charge in [0.1, 0.15) is 18.1 Å². The highest BCUT2D eigenvalue weighted by Gasteiger charge is 2.34. The van der Waals surface area contributed by atoms with Crippen molar-refractivity contribution in [2.24, 2.45) is 0 Å². The topological polar surface area (TPSA) is 74.7 Å². The molecule has 2 heterocycles. The number of ether oxygens (including phenoxy) is 1. The van der Waals surface area contributed by atoms with E-state index in [4.69, 9.17) is 4.74 Å². The minimum atomic E-state index is -0.172. The number of aryl methyl sites for hydroxylation is 1. The maximum absolute atomic E-state index is 12.7. The van der Waals surface area contributed by atoms with Crippen molar-refractivity contribution in [1.82, 2.24) is 9.88 Å². The van der Waals surface area contributed by atoms with Gasteiger partial charge in [-0.1, -0.05) is 13.8 Å². The minimum Gasteiger partial charge on any atom is -0.508 e. The molecule has 0 atom stereocenters. The summed E-state index contributed by atoms with van der Waals surface area (Å²) in [5.41, 5.74) is 2.09. The van der Waals surface area contributed by atoms with Crippen LogP contribution in [-0.2, 0) is 18.4 Å². The van der Waals surface area contributed by atoms with Crippen LogP contribution < -0.4 is 10.1 Å². The summed E-state index contributed by atoms with van der Waals surface area (Å²) >= 11 is 1.58. The van der Waals surface area contributed by atoms with Crippen molar-refractivity contribution >= 4 is 22.5 Å². The van der Waals surface area contributed by atoms with Crippen LogP contribution >= 0.6 is 11.3 Å². The van der Waals surface area contributed by atoms with E-state index < -0.39 is 0 Å². The van der Waals surface area contributed by atoms with Crippen LogP contribution in [0.5, 0.6) is 11.5 Å². The van der Waals surface area contributed by atoms with E-state index in [-0.39, 0.29) is 17.2 Å². The van der Waals surface area contributed by atoms with Gasteiger partial charge in [0.25, 0.3) is 0 Å². The summed E-state index contributed by atoms with van der Waals surface area (Å²) in [6, 6.07) is 4.81. The van der Waals surface area contributed by atoms with Crippen LogP contribution in [0.25, 0.3) is 0 Å². The van der Waals surface area contributed by atoms with E-state index in [9.17, 15) is 9.90 Å². The Morgan fingerprint density at radius 3 is 3.08 bits per heavy atom. The summed E-state index contributed by atoms with van der Waals surface area (Å²) in [6.45, 7) is 5.71. The van der Waals surface area contributed by atoms with Crippen LogP contribution in [0, 0.1) is 0 Å². The summed E-state index contributed by atoms with van der Waals surface area (Å²) < 4.78 is 5.64. The van der Waals surface area contributed by atoms with Gasteiger partial charge in [0.2, 0.25) is 0 Å². The van der Waals surface area contributed by atoms with E-state index in [2.05, 4.69) is 24.1 Å². The first-order valence-electron chi connectivity index (χ1n) is 8.43. The SMILES string of the molecule is CC1(C)CCc2sc(NC(=O)N3CCOc4cc(O)ccc4C3)nc21. The van der Waals surface area contributed by atoms with Crippen LogP contribution in [0.15, 0.2) is 18.2 Å². The van der Waals surface area contributed by atoms with Gasteiger partial charge in [0.05, 0.1) is 18.8 Å². The Kier molecular flexibility index (Phi) is 3.83. The van der Waals surface area contributed by atoms with E-state index >= 15 is 0 Å². The standard InChI is InChI=1S/C18H21N3O3S/c1-18(2)6-5-14-15(18)19-16(25-14)20-17(23)21-7-8-24-13-9-12(22)4-3-11(13)10-21/h3-4,9,22H,5-8,10H2,1-2H3,(H,19,20,23). The van der Waals surface area contributed by atoms with Crippen molar-refractivity contribution in [3.8, 4) is 11.5 Å². The maximum Gasteiger partial charge on any atom is 0.324 e. The lowest BCUT2D eigenvalue weighted by Gasteiger charge is -2.20. The Morgan fingerprint density at radius 2 is 2.28 bits per heavy atom. The van der Waals surface area contributed by atoms with E-state index in [0.29, 0.717) is 30.6 Å². The Bertz CT molecular complexity index is 831. The molecule has 2 aromatic rings. The number of carbonyl (C=O) groups is 1. The van der Waals surface area contributed by atoms with E-state index in [1.165, 1.54) is 4.88 Å². The van der Waals surface area contributed by atoms with Crippen molar-refractivity contribution in [3.63, 3.8) is 0 Å². The number of aromatic hydroxyl groups is 1. The van der Waals surface area contributed by atoms with Crippen LogP contribution in [0.2, 0.25) is 0 Å². The molecular weight excluding hydrogens is 338 g/mol. The summed E-state index contributed by atoms with van der Waals surface area (Å²) in [6.07, 6.45) is 2.15. The third-order valence-electron chi connectivity index (χ3n) is 4.85. The monoisotopic (exact) mass is 359 g/mol. The number of rotatable bonds is 1. The lowest BCUT2D eigenvalue weighted by atomic mass is 9.91. The first kappa shape index (κ1) is 16.2. The first-order valence-corrected chi connectivity index (χ1v) is 9.25. The molecule has 0 bridgehead atoms. The molecule has 1 aliphatic carbocycles. The largest absolute Gasteiger partial charge is 0.508 e. The van der Waals surface area contributed by atoms with E-state index in [1.807, 2.05) is 0 Å². The number of phenolic OH excluding ortho intramolecular Hbond substituents is 1. The van der Waals surface area contributed by atoms with Gasteiger partial charge in [-0.3, -0.25) is 5.32 Å². The Balaban J connectivity index is 1.49. The molecule has 1 aromatic heterocycles. The zero-order valence-corrected chi connectivity index (χ0v) is 15.2. The number of phenols is 1. The lowest BCUT2D eigenvalue weighted by molar-refractivity contribution is 0.200. The molecule has 4 rings (SSSR count). The molecule has 0 saturated carbocycles. The molecule has 1 aromatic carbocycles. The average Bonchev–Trinajstić information content (AvgIpc) is 2.99. The van der Waals surface area contributed by atoms with Gasteiger partial charge in [-0.15, -0.1) is 11.3 Å². The number of thiazole rings is 1. The van der Waals surface area contributed by atoms with Gasteiger partial charge in [0, 0.05) is 21.9 Å². The molecule has 0 radical (unpaired) electrons. The van der Waals surface area contributed by atoms with Crippen molar-refractivity contribution in [3.05, 3.63) is 34.3 Å². The zero-order chi connectivity index (χ0) is 17.6. The average molecular weight is 359 g/mol. The minimum absolute atomic E-state index is 0.0895. The normalized spacial score (nSPS) is 18.1. The van der Waals surface area contributed by atoms with E-state index in [1.54, 1.807) is 34.4 Å². The van der Waals surface area contributed by atoms with Gasteiger partial charge >= 0.3 is 6.03 Å². The van der Waals surface area contributed by atoms with Gasteiger partial charge < -0.3 is 14.7 Å². The van der Waals surface area contributed by atoms with Gasteiger partial charge in [-0.25, -0.2) is 9.78 Å². The number of fused-ring (bicyclic) bond motifs is 2. The predicted octanol–water partition coefficient (Wildman–Crippen LogP) is 3.50. The fourth-order valence-electron chi connectivity index (χ4n) is 3.35. The molecule has 2 aliphatic rings. The highest BCUT2D eigenvalue weighted by atomic mass is 32.1. The number of nitrogens with one attached hydrogen (secondary N) is 1. The summed E-state index contributed by atoms with van der Waals surface area (Å²) in [7, 11) is 0. The van der Waals surface area contributed by atoms with Crippen LogP contribution in [-0.4, -0.2) is 34.2 Å². The third-order valence-corrected chi connectivity index (χ3v) is 5.88. The van der Waals surface area contributed by atoms with Crippen molar-refractivity contribution < 1.29 is 14.6 Å². The van der Waals surface area contributed by atoms with Crippen molar-refractivity contribution in [1.29, 1.82) is 0 Å². The Labute approximate surface area is 150 Å². The molecule has 0 saturated heterocycles. The summed E-state index contributed by atoms with van der Waals surface area (Å²) in [4.78, 5) is 20.3. The zero-order valence-electron chi connectivity index (χ0n) is 14.3. The second-order valence-corrected chi connectivity index (χ2v) is 8.25. The number of hydrogen-bond acceptors (Lipinski definition) is 5. The number of anilines is 1. The quantitative estimate of drug-likeness (QED) is 0.817. The third kappa shape index (κ3) is 3.04. The summed E-state index contributed by atoms with van der Waals surface area (Å²) in [5, 5.41) is 13.2. The number of benzene rings is 1. The molecule has 0 spiro atoms. The number of aromatic nitrogens is 1. The molecular formula is C18H21N3O3S. The molecule has 25 heavy (non-hydrogen) atoms. The smallest absolute Gasteiger partial charge is 0.324 e. The van der Waals surface area contributed by atoms with Gasteiger partial charge in [-0.05, 0) is 25.0 Å². The highest BCUT2D eigenvalue weighted by molar-refractivity contribution is 7.16. The number of nitrogens with zero attached hydrogens (tertiary/aromatic N) is 2. The maximum atomic E-state index is 12.7. The first-order chi connectivity index (χ1) is 11.9. The molecule has 7 heteroatoms.